The van der Waals surface area contributed by atoms with E-state index in [1.54, 1.807) is 70.5 Å². The highest BCUT2D eigenvalue weighted by Gasteiger charge is 2.42. The average molecular weight is 1140 g/mol. The molecule has 4 aromatic heterocycles. The summed E-state index contributed by atoms with van der Waals surface area (Å²) in [6, 6.07) is 26.4. The molecule has 8 aromatic rings. The number of nitrogens with zero attached hydrogens (tertiary/aromatic N) is 10. The molecule has 0 bridgehead atoms. The molecule has 0 spiro atoms. The molecule has 0 unspecified atom stereocenters. The molecule has 24 heteroatoms. The fourth-order valence-corrected chi connectivity index (χ4v) is 11.1. The van der Waals surface area contributed by atoms with Gasteiger partial charge < -0.3 is 41.0 Å². The van der Waals surface area contributed by atoms with Crippen LogP contribution in [0.25, 0.3) is 33.8 Å². The molecule has 2 aliphatic heterocycles. The Morgan fingerprint density at radius 1 is 0.585 bits per heavy atom. The number of ether oxygens (including phenoxy) is 2. The van der Waals surface area contributed by atoms with Crippen LogP contribution in [0.15, 0.2) is 109 Å². The summed E-state index contributed by atoms with van der Waals surface area (Å²) in [5.41, 5.74) is 13.6. The van der Waals surface area contributed by atoms with Crippen LogP contribution in [0.2, 0.25) is 0 Å². The van der Waals surface area contributed by atoms with E-state index in [-0.39, 0.29) is 82.3 Å². The van der Waals surface area contributed by atoms with Crippen molar-refractivity contribution in [1.82, 2.24) is 48.8 Å². The summed E-state index contributed by atoms with van der Waals surface area (Å²) in [5.74, 6) is 0.180. The van der Waals surface area contributed by atoms with Crippen molar-refractivity contribution >= 4 is 34.5 Å². The highest BCUT2D eigenvalue weighted by molar-refractivity contribution is 6.01. The quantitative estimate of drug-likeness (QED) is 0.0668. The Kier molecular flexibility index (Phi) is 16.8. The normalized spacial score (nSPS) is 17.1. The molecule has 2 fully saturated rings. The van der Waals surface area contributed by atoms with Crippen molar-refractivity contribution in [3.63, 3.8) is 0 Å². The lowest BCUT2D eigenvalue weighted by Gasteiger charge is -2.43. The van der Waals surface area contributed by atoms with Gasteiger partial charge in [-0.15, -0.1) is 0 Å². The number of rotatable bonds is 12. The Labute approximate surface area is 468 Å². The summed E-state index contributed by atoms with van der Waals surface area (Å²) in [6.45, 7) is 8.43. The van der Waals surface area contributed by atoms with Gasteiger partial charge in [-0.25, -0.2) is 19.0 Å². The van der Waals surface area contributed by atoms with Crippen LogP contribution in [0.4, 0.5) is 37.7 Å². The van der Waals surface area contributed by atoms with E-state index in [0.717, 1.165) is 23.5 Å². The Hall–Kier alpha value is -8.32. The van der Waals surface area contributed by atoms with Crippen LogP contribution < -0.4 is 20.9 Å². The summed E-state index contributed by atoms with van der Waals surface area (Å²) in [4.78, 5) is 44.0. The van der Waals surface area contributed by atoms with Gasteiger partial charge in [0.2, 0.25) is 0 Å². The zero-order valence-electron chi connectivity index (χ0n) is 45.8. The summed E-state index contributed by atoms with van der Waals surface area (Å²) in [6.07, 6.45) is -7.18. The smallest absolute Gasteiger partial charge is 0.433 e. The number of benzene rings is 4. The number of aliphatic hydroxyl groups is 2. The van der Waals surface area contributed by atoms with Gasteiger partial charge in [0.25, 0.3) is 11.8 Å². The van der Waals surface area contributed by atoms with Gasteiger partial charge in [0.15, 0.2) is 22.7 Å². The standard InChI is InChI=1S/2C29H31F3N6O3/c2*1-17-15-36(24(16-39)21-6-4-5-7-23(21)33)12-13-37(17)28(40)22-14-34-38-26(29(30,31)32)18(2)25(35-27(22)38)19-8-10-20(41-3)11-9-19/h2*4-11,14,17,24,39H,12-13,15-16,33H2,1-3H3/t17-,24+;17-,24-/m11/s1. The molecular weight excluding hydrogens is 1070 g/mol. The molecule has 2 amide bonds. The lowest BCUT2D eigenvalue weighted by atomic mass is 10.0. The monoisotopic (exact) mass is 1140 g/mol. The number of para-hydroxylation sites is 2. The van der Waals surface area contributed by atoms with E-state index in [1.807, 2.05) is 50.2 Å². The van der Waals surface area contributed by atoms with E-state index >= 15 is 0 Å². The maximum Gasteiger partial charge on any atom is 0.433 e. The second kappa shape index (κ2) is 23.6. The van der Waals surface area contributed by atoms with Crippen LogP contribution in [0.3, 0.4) is 0 Å². The summed E-state index contributed by atoms with van der Waals surface area (Å²) >= 11 is 0. The number of nitrogen functional groups attached to an aromatic ring is 2. The minimum Gasteiger partial charge on any atom is -0.497 e. The number of amides is 2. The molecule has 0 saturated carbocycles. The molecule has 0 radical (unpaired) electrons. The maximum atomic E-state index is 14.3. The number of hydrogen-bond donors (Lipinski definition) is 4. The van der Waals surface area contributed by atoms with Crippen LogP contribution in [0.5, 0.6) is 11.5 Å². The molecule has 82 heavy (non-hydrogen) atoms. The first kappa shape index (κ1) is 58.3. The number of carbonyl (C=O) groups excluding carboxylic acids is 2. The first-order chi connectivity index (χ1) is 39.1. The van der Waals surface area contributed by atoms with E-state index in [2.05, 4.69) is 30.0 Å². The predicted molar refractivity (Wildman–Crippen MR) is 295 cm³/mol. The summed E-state index contributed by atoms with van der Waals surface area (Å²) in [7, 11) is 3.00. The van der Waals surface area contributed by atoms with Gasteiger partial charge in [-0.2, -0.15) is 36.5 Å². The van der Waals surface area contributed by atoms with E-state index in [4.69, 9.17) is 20.9 Å². The van der Waals surface area contributed by atoms with Crippen molar-refractivity contribution in [3.8, 4) is 34.0 Å². The van der Waals surface area contributed by atoms with Crippen molar-refractivity contribution < 1.29 is 55.6 Å². The molecule has 18 nitrogen and oxygen atoms in total. The molecular formula is C58H62F6N12O6. The highest BCUT2D eigenvalue weighted by Crippen LogP contribution is 2.40. The van der Waals surface area contributed by atoms with Crippen molar-refractivity contribution in [2.24, 2.45) is 0 Å². The van der Waals surface area contributed by atoms with E-state index < -0.39 is 35.6 Å². The number of nitrogens with two attached hydrogens (primary N) is 2. The van der Waals surface area contributed by atoms with Gasteiger partial charge in [0.1, 0.15) is 22.6 Å². The lowest BCUT2D eigenvalue weighted by molar-refractivity contribution is -0.144. The fraction of sp³-hybridized carbons (Fsp3) is 0.345. The van der Waals surface area contributed by atoms with Crippen LogP contribution in [0, 0.1) is 13.8 Å². The largest absolute Gasteiger partial charge is 0.497 e. The van der Waals surface area contributed by atoms with Gasteiger partial charge in [0.05, 0.1) is 63.3 Å². The van der Waals surface area contributed by atoms with Crippen molar-refractivity contribution in [2.45, 2.75) is 64.2 Å². The van der Waals surface area contributed by atoms with E-state index in [0.29, 0.717) is 82.3 Å². The van der Waals surface area contributed by atoms with Gasteiger partial charge in [-0.05, 0) is 99.5 Å². The minimum absolute atomic E-state index is 0.0171. The van der Waals surface area contributed by atoms with Gasteiger partial charge in [-0.3, -0.25) is 19.4 Å². The number of carbonyl (C=O) groups is 2. The third-order valence-corrected chi connectivity index (χ3v) is 15.3. The lowest BCUT2D eigenvalue weighted by Crippen LogP contribution is -2.55. The van der Waals surface area contributed by atoms with Gasteiger partial charge >= 0.3 is 12.4 Å². The van der Waals surface area contributed by atoms with Crippen molar-refractivity contribution in [1.29, 1.82) is 0 Å². The molecule has 4 atom stereocenters. The minimum atomic E-state index is -4.74. The number of halogens is 6. The Morgan fingerprint density at radius 3 is 1.24 bits per heavy atom. The van der Waals surface area contributed by atoms with Crippen LogP contribution >= 0.6 is 0 Å². The molecule has 0 aliphatic carbocycles. The number of aromatic nitrogens is 6. The first-order valence-electron chi connectivity index (χ1n) is 26.3. The second-order valence-electron chi connectivity index (χ2n) is 20.2. The zero-order chi connectivity index (χ0) is 58.9. The SMILES string of the molecule is COc1ccc(-c2nc3c(C(=O)N4CCN([C@@H](CO)c5ccccc5N)C[C@H]4C)cnn3c(C(F)(F)F)c2C)cc1.COc1ccc(-c2nc3c(C(=O)N4CCN([C@H](CO)c5ccccc5N)C[C@H]4C)cnn3c(C(F)(F)F)c2C)cc1. The summed E-state index contributed by atoms with van der Waals surface area (Å²) in [5, 5.41) is 28.2. The number of aliphatic hydroxyl groups excluding tert-OH is 2. The number of fused-ring (bicyclic) bond motifs is 2. The number of methoxy groups -OCH3 is 2. The molecule has 6 N–H and O–H groups in total. The third kappa shape index (κ3) is 11.3. The molecule has 2 saturated heterocycles. The van der Waals surface area contributed by atoms with Crippen LogP contribution in [-0.4, -0.2) is 150 Å². The number of alkyl halides is 6. The fourth-order valence-electron chi connectivity index (χ4n) is 11.1. The van der Waals surface area contributed by atoms with Gasteiger partial charge in [-0.1, -0.05) is 36.4 Å². The maximum absolute atomic E-state index is 14.3. The van der Waals surface area contributed by atoms with Gasteiger partial charge in [0, 0.05) is 85.0 Å². The molecule has 2 aliphatic rings. The molecule has 432 valence electrons. The number of piperazine rings is 2. The predicted octanol–water partition coefficient (Wildman–Crippen LogP) is 8.39. The highest BCUT2D eigenvalue weighted by atomic mass is 19.4. The number of anilines is 2. The Balaban J connectivity index is 0.000000198. The van der Waals surface area contributed by atoms with E-state index in [9.17, 15) is 46.1 Å². The van der Waals surface area contributed by atoms with Crippen molar-refractivity contribution in [2.75, 3.05) is 78.2 Å². The van der Waals surface area contributed by atoms with Crippen LogP contribution in [-0.2, 0) is 12.4 Å². The second-order valence-corrected chi connectivity index (χ2v) is 20.2. The van der Waals surface area contributed by atoms with Crippen molar-refractivity contribution in [3.05, 3.63) is 154 Å². The van der Waals surface area contributed by atoms with E-state index in [1.165, 1.54) is 28.1 Å². The first-order valence-corrected chi connectivity index (χ1v) is 26.3. The average Bonchev–Trinajstić information content (AvgIpc) is 3.93. The molecule has 4 aromatic carbocycles. The Bertz CT molecular complexity index is 3380. The summed E-state index contributed by atoms with van der Waals surface area (Å²) < 4.78 is 97.6. The third-order valence-electron chi connectivity index (χ3n) is 15.3. The topological polar surface area (TPSA) is 218 Å². The Morgan fingerprint density at radius 2 is 0.939 bits per heavy atom. The zero-order valence-corrected chi connectivity index (χ0v) is 45.8. The molecule has 6 heterocycles. The van der Waals surface area contributed by atoms with Crippen LogP contribution in [0.1, 0.15) is 80.3 Å². The molecule has 10 rings (SSSR count). The number of hydrogen-bond acceptors (Lipinski definition) is 14.